The van der Waals surface area contributed by atoms with E-state index >= 15 is 0 Å². The first-order valence-corrected chi connectivity index (χ1v) is 7.19. The summed E-state index contributed by atoms with van der Waals surface area (Å²) in [4.78, 5) is 0.306. The number of sulfonamides is 1. The van der Waals surface area contributed by atoms with Crippen molar-refractivity contribution in [2.75, 3.05) is 20.3 Å². The lowest BCUT2D eigenvalue weighted by Gasteiger charge is -2.20. The van der Waals surface area contributed by atoms with Gasteiger partial charge in [-0.15, -0.1) is 0 Å². The summed E-state index contributed by atoms with van der Waals surface area (Å²) in [6, 6.07) is 4.95. The highest BCUT2D eigenvalue weighted by Gasteiger charge is 2.34. The highest BCUT2D eigenvalue weighted by molar-refractivity contribution is 7.89. The molecule has 0 saturated carbocycles. The van der Waals surface area contributed by atoms with Gasteiger partial charge in [-0.05, 0) is 37.6 Å². The molecule has 0 radical (unpaired) electrons. The first-order valence-electron chi connectivity index (χ1n) is 5.75. The molecule has 1 aromatic carbocycles. The Morgan fingerprint density at radius 1 is 1.44 bits per heavy atom. The number of methoxy groups -OCH3 is 1. The number of rotatable bonds is 3. The third-order valence-electron chi connectivity index (χ3n) is 3.05. The van der Waals surface area contributed by atoms with Crippen molar-refractivity contribution in [2.45, 2.75) is 25.0 Å². The molecule has 1 heterocycles. The summed E-state index contributed by atoms with van der Waals surface area (Å²) in [5.41, 5.74) is 0.674. The van der Waals surface area contributed by atoms with Crippen LogP contribution in [0.5, 0.6) is 5.75 Å². The molecule has 5 nitrogen and oxygen atoms in total. The number of ether oxygens (including phenoxy) is 2. The quantitative estimate of drug-likeness (QED) is 0.833. The second-order valence-corrected chi connectivity index (χ2v) is 6.08. The molecular weight excluding hydrogens is 254 g/mol. The van der Waals surface area contributed by atoms with Crippen LogP contribution in [0, 0.1) is 6.92 Å². The molecule has 2 rings (SSSR count). The lowest BCUT2D eigenvalue weighted by Crippen LogP contribution is -2.34. The third kappa shape index (κ3) is 2.23. The van der Waals surface area contributed by atoms with Gasteiger partial charge in [0.1, 0.15) is 12.0 Å². The fourth-order valence-electron chi connectivity index (χ4n) is 2.06. The summed E-state index contributed by atoms with van der Waals surface area (Å²) < 4.78 is 36.7. The van der Waals surface area contributed by atoms with E-state index in [-0.39, 0.29) is 0 Å². The van der Waals surface area contributed by atoms with Gasteiger partial charge in [0.05, 0.1) is 18.6 Å². The molecule has 1 saturated heterocycles. The summed E-state index contributed by atoms with van der Waals surface area (Å²) in [7, 11) is -1.94. The lowest BCUT2D eigenvalue weighted by molar-refractivity contribution is 0.0846. The van der Waals surface area contributed by atoms with Crippen LogP contribution in [0.15, 0.2) is 23.1 Å². The molecule has 100 valence electrons. The van der Waals surface area contributed by atoms with Crippen LogP contribution >= 0.6 is 0 Å². The molecule has 0 aromatic heterocycles. The van der Waals surface area contributed by atoms with Crippen LogP contribution in [0.1, 0.15) is 12.5 Å². The Kier molecular flexibility index (Phi) is 3.61. The van der Waals surface area contributed by atoms with Crippen molar-refractivity contribution in [2.24, 2.45) is 0 Å². The number of nitrogens with zero attached hydrogens (tertiary/aromatic N) is 1. The van der Waals surface area contributed by atoms with Crippen molar-refractivity contribution in [1.82, 2.24) is 4.31 Å². The average Bonchev–Trinajstić information content (AvgIpc) is 2.75. The third-order valence-corrected chi connectivity index (χ3v) is 5.16. The molecule has 0 spiro atoms. The van der Waals surface area contributed by atoms with Gasteiger partial charge in [0.2, 0.25) is 10.0 Å². The van der Waals surface area contributed by atoms with Crippen LogP contribution in [0.3, 0.4) is 0 Å². The van der Waals surface area contributed by atoms with Crippen LogP contribution in [0.25, 0.3) is 0 Å². The topological polar surface area (TPSA) is 55.8 Å². The van der Waals surface area contributed by atoms with Gasteiger partial charge in [-0.2, -0.15) is 4.31 Å². The zero-order chi connectivity index (χ0) is 13.3. The van der Waals surface area contributed by atoms with Crippen molar-refractivity contribution in [3.63, 3.8) is 0 Å². The van der Waals surface area contributed by atoms with Gasteiger partial charge < -0.3 is 9.47 Å². The maximum atomic E-state index is 12.5. The van der Waals surface area contributed by atoms with Crippen molar-refractivity contribution >= 4 is 10.0 Å². The number of aryl methyl sites for hydroxylation is 1. The molecule has 6 heteroatoms. The Labute approximate surface area is 107 Å². The van der Waals surface area contributed by atoms with E-state index < -0.39 is 16.3 Å². The summed E-state index contributed by atoms with van der Waals surface area (Å²) in [5.74, 6) is 0.650. The molecule has 0 amide bonds. The molecule has 0 bridgehead atoms. The largest absolute Gasteiger partial charge is 0.497 e. The van der Waals surface area contributed by atoms with E-state index in [1.807, 2.05) is 0 Å². The van der Waals surface area contributed by atoms with Gasteiger partial charge in [-0.25, -0.2) is 8.42 Å². The molecule has 0 aliphatic carbocycles. The monoisotopic (exact) mass is 271 g/mol. The molecule has 1 unspecified atom stereocenters. The highest BCUT2D eigenvalue weighted by atomic mass is 32.2. The van der Waals surface area contributed by atoms with Crippen molar-refractivity contribution in [3.05, 3.63) is 23.8 Å². The predicted molar refractivity (Wildman–Crippen MR) is 67.0 cm³/mol. The van der Waals surface area contributed by atoms with Gasteiger partial charge in [-0.3, -0.25) is 0 Å². The first-order chi connectivity index (χ1) is 8.46. The van der Waals surface area contributed by atoms with Crippen molar-refractivity contribution < 1.29 is 17.9 Å². The molecule has 1 aliphatic rings. The number of benzene rings is 1. The fourth-order valence-corrected chi connectivity index (χ4v) is 3.78. The molecule has 1 fully saturated rings. The summed E-state index contributed by atoms with van der Waals surface area (Å²) in [6.07, 6.45) is -0.406. The number of hydrogen-bond acceptors (Lipinski definition) is 4. The lowest BCUT2D eigenvalue weighted by atomic mass is 10.2. The van der Waals surface area contributed by atoms with E-state index in [1.165, 1.54) is 4.31 Å². The summed E-state index contributed by atoms with van der Waals surface area (Å²) in [6.45, 7) is 4.34. The molecule has 18 heavy (non-hydrogen) atoms. The summed E-state index contributed by atoms with van der Waals surface area (Å²) in [5, 5.41) is 0. The smallest absolute Gasteiger partial charge is 0.245 e. The zero-order valence-corrected chi connectivity index (χ0v) is 11.5. The second kappa shape index (κ2) is 4.87. The van der Waals surface area contributed by atoms with E-state index in [9.17, 15) is 8.42 Å². The maximum absolute atomic E-state index is 12.5. The van der Waals surface area contributed by atoms with Crippen LogP contribution in [0.4, 0.5) is 0 Å². The Balaban J connectivity index is 2.41. The molecule has 0 N–H and O–H groups in total. The number of hydrogen-bond donors (Lipinski definition) is 0. The SMILES string of the molecule is COc1ccc(S(=O)(=O)N2CCOC2C)c(C)c1. The first kappa shape index (κ1) is 13.3. The van der Waals surface area contributed by atoms with E-state index in [2.05, 4.69) is 0 Å². The van der Waals surface area contributed by atoms with Crippen LogP contribution in [-0.4, -0.2) is 39.2 Å². The second-order valence-electron chi connectivity index (χ2n) is 4.22. The minimum Gasteiger partial charge on any atom is -0.497 e. The van der Waals surface area contributed by atoms with Crippen molar-refractivity contribution in [3.8, 4) is 5.75 Å². The Morgan fingerprint density at radius 3 is 2.67 bits per heavy atom. The summed E-state index contributed by atoms with van der Waals surface area (Å²) >= 11 is 0. The van der Waals surface area contributed by atoms with Crippen LogP contribution in [-0.2, 0) is 14.8 Å². The zero-order valence-electron chi connectivity index (χ0n) is 10.7. The normalized spacial score (nSPS) is 21.2. The minimum absolute atomic E-state index is 0.306. The Morgan fingerprint density at radius 2 is 2.17 bits per heavy atom. The van der Waals surface area contributed by atoms with Gasteiger partial charge in [0, 0.05) is 6.54 Å². The van der Waals surface area contributed by atoms with Crippen molar-refractivity contribution in [1.29, 1.82) is 0 Å². The van der Waals surface area contributed by atoms with E-state index in [0.29, 0.717) is 29.4 Å². The van der Waals surface area contributed by atoms with E-state index in [1.54, 1.807) is 39.2 Å². The van der Waals surface area contributed by atoms with E-state index in [0.717, 1.165) is 0 Å². The standard InChI is InChI=1S/C12H17NO4S/c1-9-8-11(16-3)4-5-12(9)18(14,15)13-6-7-17-10(13)2/h4-5,8,10H,6-7H2,1-3H3. The molecule has 1 aromatic rings. The van der Waals surface area contributed by atoms with Gasteiger partial charge >= 0.3 is 0 Å². The Hall–Kier alpha value is -1.11. The van der Waals surface area contributed by atoms with Gasteiger partial charge in [0.25, 0.3) is 0 Å². The molecule has 1 aliphatic heterocycles. The highest BCUT2D eigenvalue weighted by Crippen LogP contribution is 2.26. The molecular formula is C12H17NO4S. The average molecular weight is 271 g/mol. The minimum atomic E-state index is -3.49. The van der Waals surface area contributed by atoms with Gasteiger partial charge in [0.15, 0.2) is 0 Å². The maximum Gasteiger partial charge on any atom is 0.245 e. The van der Waals surface area contributed by atoms with E-state index in [4.69, 9.17) is 9.47 Å². The fraction of sp³-hybridized carbons (Fsp3) is 0.500. The van der Waals surface area contributed by atoms with Crippen LogP contribution < -0.4 is 4.74 Å². The predicted octanol–water partition coefficient (Wildman–Crippen LogP) is 1.37. The van der Waals surface area contributed by atoms with Gasteiger partial charge in [-0.1, -0.05) is 0 Å². The Bertz CT molecular complexity index is 541. The van der Waals surface area contributed by atoms with Crippen LogP contribution in [0.2, 0.25) is 0 Å². The molecule has 1 atom stereocenters.